The fraction of sp³-hybridized carbons (Fsp3) is 0.0769. The molecule has 3 heteroatoms. The standard InChI is InChI=1S/C13H8F3/c14-13(15,16)12-9-5-4-8-11(12)10-6-2-1-3-7-10/h1-8H. The number of rotatable bonds is 1. The molecular weight excluding hydrogens is 213 g/mol. The van der Waals surface area contributed by atoms with E-state index in [9.17, 15) is 13.2 Å². The molecule has 0 aromatic heterocycles. The predicted molar refractivity (Wildman–Crippen MR) is 55.7 cm³/mol. The first-order valence-electron chi connectivity index (χ1n) is 4.72. The molecule has 0 unspecified atom stereocenters. The van der Waals surface area contributed by atoms with Crippen LogP contribution in [0.2, 0.25) is 0 Å². The molecule has 0 amide bonds. The highest BCUT2D eigenvalue weighted by atomic mass is 19.4. The zero-order valence-electron chi connectivity index (χ0n) is 8.25. The van der Waals surface area contributed by atoms with E-state index in [1.165, 1.54) is 12.1 Å². The Morgan fingerprint density at radius 3 is 2.19 bits per heavy atom. The Kier molecular flexibility index (Phi) is 2.69. The second-order valence-corrected chi connectivity index (χ2v) is 3.32. The Balaban J connectivity index is 2.58. The molecule has 0 N–H and O–H groups in total. The lowest BCUT2D eigenvalue weighted by atomic mass is 9.99. The van der Waals surface area contributed by atoms with Crippen molar-refractivity contribution >= 4 is 0 Å². The fourth-order valence-electron chi connectivity index (χ4n) is 1.53. The van der Waals surface area contributed by atoms with E-state index in [-0.39, 0.29) is 5.56 Å². The Morgan fingerprint density at radius 2 is 1.56 bits per heavy atom. The first kappa shape index (κ1) is 10.7. The van der Waals surface area contributed by atoms with Crippen LogP contribution in [0, 0.1) is 6.07 Å². The summed E-state index contributed by atoms with van der Waals surface area (Å²) in [4.78, 5) is 0. The third-order valence-corrected chi connectivity index (χ3v) is 2.22. The minimum atomic E-state index is -4.37. The second-order valence-electron chi connectivity index (χ2n) is 3.32. The lowest BCUT2D eigenvalue weighted by Crippen LogP contribution is -2.07. The molecule has 0 saturated carbocycles. The van der Waals surface area contributed by atoms with Crippen LogP contribution in [0.1, 0.15) is 5.56 Å². The van der Waals surface area contributed by atoms with Crippen molar-refractivity contribution in [3.8, 4) is 11.1 Å². The van der Waals surface area contributed by atoms with Gasteiger partial charge in [0.05, 0.1) is 5.56 Å². The van der Waals surface area contributed by atoms with Crippen LogP contribution >= 0.6 is 0 Å². The van der Waals surface area contributed by atoms with Crippen LogP contribution in [0.4, 0.5) is 13.2 Å². The van der Waals surface area contributed by atoms with Crippen molar-refractivity contribution in [2.24, 2.45) is 0 Å². The van der Waals surface area contributed by atoms with Gasteiger partial charge in [-0.15, -0.1) is 0 Å². The summed E-state index contributed by atoms with van der Waals surface area (Å²) in [6.07, 6.45) is -4.37. The normalized spacial score (nSPS) is 11.4. The highest BCUT2D eigenvalue weighted by Gasteiger charge is 2.33. The van der Waals surface area contributed by atoms with Gasteiger partial charge in [-0.2, -0.15) is 13.2 Å². The summed E-state index contributed by atoms with van der Waals surface area (Å²) in [6, 6.07) is 15.0. The average molecular weight is 221 g/mol. The third-order valence-electron chi connectivity index (χ3n) is 2.22. The molecule has 0 bridgehead atoms. The first-order chi connectivity index (χ1) is 7.59. The summed E-state index contributed by atoms with van der Waals surface area (Å²) in [5.41, 5.74) is -0.0107. The SMILES string of the molecule is FC(F)(F)c1[c]cccc1-c1ccccc1. The van der Waals surface area contributed by atoms with Crippen molar-refractivity contribution in [3.63, 3.8) is 0 Å². The molecule has 2 aromatic rings. The van der Waals surface area contributed by atoms with Crippen molar-refractivity contribution in [3.05, 3.63) is 60.2 Å². The van der Waals surface area contributed by atoms with Crippen LogP contribution in [-0.2, 0) is 6.18 Å². The van der Waals surface area contributed by atoms with Gasteiger partial charge in [-0.1, -0.05) is 48.5 Å². The minimum absolute atomic E-state index is 0.163. The summed E-state index contributed by atoms with van der Waals surface area (Å²) in [6.45, 7) is 0. The van der Waals surface area contributed by atoms with E-state index in [0.29, 0.717) is 5.56 Å². The van der Waals surface area contributed by atoms with E-state index in [1.54, 1.807) is 36.4 Å². The quantitative estimate of drug-likeness (QED) is 0.677. The molecule has 0 atom stereocenters. The van der Waals surface area contributed by atoms with Crippen LogP contribution in [0.15, 0.2) is 48.5 Å². The molecule has 1 radical (unpaired) electrons. The Labute approximate surface area is 91.4 Å². The molecule has 0 aliphatic heterocycles. The molecule has 2 aromatic carbocycles. The van der Waals surface area contributed by atoms with Crippen molar-refractivity contribution in [1.29, 1.82) is 0 Å². The molecule has 0 nitrogen and oxygen atoms in total. The maximum atomic E-state index is 12.7. The molecule has 0 fully saturated rings. The topological polar surface area (TPSA) is 0 Å². The van der Waals surface area contributed by atoms with Crippen LogP contribution in [0.5, 0.6) is 0 Å². The van der Waals surface area contributed by atoms with E-state index in [4.69, 9.17) is 0 Å². The van der Waals surface area contributed by atoms with Crippen LogP contribution in [0.25, 0.3) is 11.1 Å². The van der Waals surface area contributed by atoms with Gasteiger partial charge in [0.2, 0.25) is 0 Å². The highest BCUT2D eigenvalue weighted by Crippen LogP contribution is 2.36. The van der Waals surface area contributed by atoms with E-state index >= 15 is 0 Å². The molecule has 0 heterocycles. The van der Waals surface area contributed by atoms with Gasteiger partial charge in [-0.25, -0.2) is 0 Å². The number of benzene rings is 2. The van der Waals surface area contributed by atoms with Crippen LogP contribution in [-0.4, -0.2) is 0 Å². The Morgan fingerprint density at radius 1 is 0.875 bits per heavy atom. The molecule has 0 saturated heterocycles. The Bertz CT molecular complexity index is 472. The lowest BCUT2D eigenvalue weighted by molar-refractivity contribution is -0.137. The van der Waals surface area contributed by atoms with Crippen molar-refractivity contribution in [1.82, 2.24) is 0 Å². The van der Waals surface area contributed by atoms with Crippen LogP contribution < -0.4 is 0 Å². The summed E-state index contributed by atoms with van der Waals surface area (Å²) in [5.74, 6) is 0. The van der Waals surface area contributed by atoms with Crippen LogP contribution in [0.3, 0.4) is 0 Å². The molecule has 2 rings (SSSR count). The second kappa shape index (κ2) is 4.00. The zero-order chi connectivity index (χ0) is 11.6. The van der Waals surface area contributed by atoms with E-state index < -0.39 is 11.7 Å². The predicted octanol–water partition coefficient (Wildman–Crippen LogP) is 4.17. The van der Waals surface area contributed by atoms with Gasteiger partial charge in [0.25, 0.3) is 0 Å². The van der Waals surface area contributed by atoms with E-state index in [1.807, 2.05) is 0 Å². The zero-order valence-corrected chi connectivity index (χ0v) is 8.25. The maximum Gasteiger partial charge on any atom is 0.417 e. The number of alkyl halides is 3. The summed E-state index contributed by atoms with van der Waals surface area (Å²) in [7, 11) is 0. The van der Waals surface area contributed by atoms with Gasteiger partial charge in [0.15, 0.2) is 0 Å². The molecule has 81 valence electrons. The largest absolute Gasteiger partial charge is 0.417 e. The molecule has 16 heavy (non-hydrogen) atoms. The molecule has 0 spiro atoms. The van der Waals surface area contributed by atoms with Gasteiger partial charge in [-0.05, 0) is 17.2 Å². The van der Waals surface area contributed by atoms with Crippen molar-refractivity contribution in [2.75, 3.05) is 0 Å². The monoisotopic (exact) mass is 221 g/mol. The number of hydrogen-bond donors (Lipinski definition) is 0. The van der Waals surface area contributed by atoms with E-state index in [0.717, 1.165) is 0 Å². The maximum absolute atomic E-state index is 12.7. The molecule has 0 aliphatic carbocycles. The third kappa shape index (κ3) is 2.08. The van der Waals surface area contributed by atoms with Crippen molar-refractivity contribution in [2.45, 2.75) is 6.18 Å². The van der Waals surface area contributed by atoms with Gasteiger partial charge in [0.1, 0.15) is 0 Å². The van der Waals surface area contributed by atoms with Gasteiger partial charge in [0, 0.05) is 0 Å². The highest BCUT2D eigenvalue weighted by molar-refractivity contribution is 5.67. The minimum Gasteiger partial charge on any atom is -0.166 e. The average Bonchev–Trinajstić information content (AvgIpc) is 2.29. The number of halogens is 3. The van der Waals surface area contributed by atoms with Gasteiger partial charge < -0.3 is 0 Å². The van der Waals surface area contributed by atoms with Gasteiger partial charge in [-0.3, -0.25) is 0 Å². The molecule has 0 aliphatic rings. The first-order valence-corrected chi connectivity index (χ1v) is 4.72. The summed E-state index contributed by atoms with van der Waals surface area (Å²) in [5, 5.41) is 0. The smallest absolute Gasteiger partial charge is 0.166 e. The van der Waals surface area contributed by atoms with E-state index in [2.05, 4.69) is 6.07 Å². The van der Waals surface area contributed by atoms with Gasteiger partial charge >= 0.3 is 6.18 Å². The number of hydrogen-bond acceptors (Lipinski definition) is 0. The summed E-state index contributed by atoms with van der Waals surface area (Å²) >= 11 is 0. The summed E-state index contributed by atoms with van der Waals surface area (Å²) < 4.78 is 38.1. The lowest BCUT2D eigenvalue weighted by Gasteiger charge is -2.11. The van der Waals surface area contributed by atoms with Crippen molar-refractivity contribution < 1.29 is 13.2 Å². The Hall–Kier alpha value is -1.77. The fourth-order valence-corrected chi connectivity index (χ4v) is 1.53. The molecular formula is C13H8F3.